The van der Waals surface area contributed by atoms with Gasteiger partial charge in [-0.15, -0.1) is 0 Å². The van der Waals surface area contributed by atoms with Gasteiger partial charge in [-0.05, 0) is 34.0 Å². The first-order valence-electron chi connectivity index (χ1n) is 9.79. The molecule has 1 atom stereocenters. The zero-order valence-electron chi connectivity index (χ0n) is 16.4. The van der Waals surface area contributed by atoms with Crippen molar-refractivity contribution >= 4 is 22.6 Å². The van der Waals surface area contributed by atoms with Crippen molar-refractivity contribution in [3.8, 4) is 5.75 Å². The molecule has 0 spiro atoms. The molecule has 5 nitrogen and oxygen atoms in total. The van der Waals surface area contributed by atoms with Gasteiger partial charge in [-0.2, -0.15) is 0 Å². The molecule has 1 fully saturated rings. The number of hydrogen-bond acceptors (Lipinski definition) is 3. The van der Waals surface area contributed by atoms with Gasteiger partial charge in [0, 0.05) is 19.5 Å². The number of methoxy groups -OCH3 is 1. The third-order valence-corrected chi connectivity index (χ3v) is 5.34. The van der Waals surface area contributed by atoms with E-state index in [2.05, 4.69) is 29.6 Å². The van der Waals surface area contributed by atoms with Crippen molar-refractivity contribution in [2.75, 3.05) is 13.7 Å². The van der Waals surface area contributed by atoms with Crippen LogP contribution in [0.1, 0.15) is 17.5 Å². The molecule has 29 heavy (non-hydrogen) atoms. The van der Waals surface area contributed by atoms with E-state index < -0.39 is 0 Å². The summed E-state index contributed by atoms with van der Waals surface area (Å²) in [5.74, 6) is 0.771. The van der Waals surface area contributed by atoms with Gasteiger partial charge in [0.25, 0.3) is 0 Å². The van der Waals surface area contributed by atoms with Gasteiger partial charge in [0.15, 0.2) is 0 Å². The predicted molar refractivity (Wildman–Crippen MR) is 113 cm³/mol. The summed E-state index contributed by atoms with van der Waals surface area (Å²) >= 11 is 0. The highest BCUT2D eigenvalue weighted by molar-refractivity contribution is 5.87. The van der Waals surface area contributed by atoms with Crippen molar-refractivity contribution in [2.45, 2.75) is 25.4 Å². The van der Waals surface area contributed by atoms with Crippen molar-refractivity contribution in [3.63, 3.8) is 0 Å². The van der Waals surface area contributed by atoms with Crippen LogP contribution in [0.25, 0.3) is 10.8 Å². The van der Waals surface area contributed by atoms with Crippen LogP contribution in [0, 0.1) is 0 Å². The average molecular weight is 388 g/mol. The van der Waals surface area contributed by atoms with Crippen molar-refractivity contribution in [3.05, 3.63) is 77.9 Å². The van der Waals surface area contributed by atoms with Crippen LogP contribution in [0.2, 0.25) is 0 Å². The largest absolute Gasteiger partial charge is 0.497 e. The number of carbonyl (C=O) groups excluding carboxylic acids is 2. The second-order valence-electron chi connectivity index (χ2n) is 7.41. The molecule has 1 N–H and O–H groups in total. The Labute approximate surface area is 170 Å². The summed E-state index contributed by atoms with van der Waals surface area (Å²) in [6.45, 7) is 1.10. The average Bonchev–Trinajstić information content (AvgIpc) is 3.07. The van der Waals surface area contributed by atoms with Crippen LogP contribution in [-0.4, -0.2) is 36.4 Å². The summed E-state index contributed by atoms with van der Waals surface area (Å²) in [6, 6.07) is 21.6. The maximum atomic E-state index is 12.5. The first-order valence-corrected chi connectivity index (χ1v) is 9.79. The normalized spacial score (nSPS) is 16.2. The molecule has 5 heteroatoms. The molecule has 0 unspecified atom stereocenters. The molecule has 1 saturated heterocycles. The zero-order valence-corrected chi connectivity index (χ0v) is 16.4. The Balaban J connectivity index is 1.36. The molecule has 3 aromatic carbocycles. The molecule has 0 aliphatic carbocycles. The van der Waals surface area contributed by atoms with E-state index in [-0.39, 0.29) is 24.3 Å². The van der Waals surface area contributed by atoms with Gasteiger partial charge in [0.05, 0.1) is 19.6 Å². The van der Waals surface area contributed by atoms with E-state index >= 15 is 0 Å². The third kappa shape index (κ3) is 4.40. The van der Waals surface area contributed by atoms with Gasteiger partial charge in [-0.1, -0.05) is 54.6 Å². The smallest absolute Gasteiger partial charge is 0.225 e. The van der Waals surface area contributed by atoms with Gasteiger partial charge < -0.3 is 15.0 Å². The third-order valence-electron chi connectivity index (χ3n) is 5.34. The minimum Gasteiger partial charge on any atom is -0.497 e. The lowest BCUT2D eigenvalue weighted by molar-refractivity contribution is -0.128. The first kappa shape index (κ1) is 19.0. The van der Waals surface area contributed by atoms with Crippen LogP contribution in [0.15, 0.2) is 66.7 Å². The highest BCUT2D eigenvalue weighted by Crippen LogP contribution is 2.22. The molecule has 0 aromatic heterocycles. The molecule has 148 valence electrons. The number of hydrogen-bond donors (Lipinski definition) is 1. The molecule has 0 saturated carbocycles. The molecule has 1 aliphatic heterocycles. The number of likely N-dealkylation sites (tertiary alicyclic amines) is 1. The second-order valence-corrected chi connectivity index (χ2v) is 7.41. The SMILES string of the molecule is COc1ccc(CC(=O)N[C@@H]2CC(=O)N(Cc3cccc4ccccc34)C2)cc1. The van der Waals surface area contributed by atoms with Crippen LogP contribution in [0.3, 0.4) is 0 Å². The van der Waals surface area contributed by atoms with Gasteiger partial charge in [-0.3, -0.25) is 9.59 Å². The van der Waals surface area contributed by atoms with E-state index in [1.165, 1.54) is 5.39 Å². The topological polar surface area (TPSA) is 58.6 Å². The summed E-state index contributed by atoms with van der Waals surface area (Å²) < 4.78 is 5.14. The Bertz CT molecular complexity index is 1020. The number of nitrogens with zero attached hydrogens (tertiary/aromatic N) is 1. The number of rotatable bonds is 6. The van der Waals surface area contributed by atoms with Crippen LogP contribution in [0.5, 0.6) is 5.75 Å². The van der Waals surface area contributed by atoms with Crippen molar-refractivity contribution in [2.24, 2.45) is 0 Å². The molecule has 4 rings (SSSR count). The minimum absolute atomic E-state index is 0.0695. The Morgan fingerprint density at radius 2 is 1.83 bits per heavy atom. The maximum Gasteiger partial charge on any atom is 0.225 e. The molecule has 0 bridgehead atoms. The number of fused-ring (bicyclic) bond motifs is 1. The molecule has 0 radical (unpaired) electrons. The monoisotopic (exact) mass is 388 g/mol. The van der Waals surface area contributed by atoms with E-state index in [4.69, 9.17) is 4.74 Å². The quantitative estimate of drug-likeness (QED) is 0.705. The van der Waals surface area contributed by atoms with Gasteiger partial charge in [0.1, 0.15) is 5.75 Å². The number of amides is 2. The van der Waals surface area contributed by atoms with E-state index in [0.29, 0.717) is 19.5 Å². The Hall–Kier alpha value is -3.34. The number of ether oxygens (including phenoxy) is 1. The molecule has 2 amide bonds. The highest BCUT2D eigenvalue weighted by atomic mass is 16.5. The molecular formula is C24H24N2O3. The summed E-state index contributed by atoms with van der Waals surface area (Å²) in [4.78, 5) is 26.7. The highest BCUT2D eigenvalue weighted by Gasteiger charge is 2.30. The lowest BCUT2D eigenvalue weighted by Gasteiger charge is -2.18. The molecular weight excluding hydrogens is 364 g/mol. The fourth-order valence-electron chi connectivity index (χ4n) is 3.87. The van der Waals surface area contributed by atoms with Gasteiger partial charge in [-0.25, -0.2) is 0 Å². The van der Waals surface area contributed by atoms with E-state index in [9.17, 15) is 9.59 Å². The van der Waals surface area contributed by atoms with Crippen molar-refractivity contribution < 1.29 is 14.3 Å². The molecule has 3 aromatic rings. The van der Waals surface area contributed by atoms with Gasteiger partial charge >= 0.3 is 0 Å². The molecule has 1 heterocycles. The summed E-state index contributed by atoms with van der Waals surface area (Å²) in [6.07, 6.45) is 0.636. The fourth-order valence-corrected chi connectivity index (χ4v) is 3.87. The van der Waals surface area contributed by atoms with Crippen molar-refractivity contribution in [1.29, 1.82) is 0 Å². The zero-order chi connectivity index (χ0) is 20.2. The van der Waals surface area contributed by atoms with Crippen molar-refractivity contribution in [1.82, 2.24) is 10.2 Å². The van der Waals surface area contributed by atoms with Crippen LogP contribution < -0.4 is 10.1 Å². The Kier molecular flexibility index (Phi) is 5.47. The number of nitrogens with one attached hydrogen (secondary N) is 1. The Morgan fingerprint density at radius 3 is 2.62 bits per heavy atom. The van der Waals surface area contributed by atoms with Crippen LogP contribution in [-0.2, 0) is 22.6 Å². The van der Waals surface area contributed by atoms with Gasteiger partial charge in [0.2, 0.25) is 11.8 Å². The predicted octanol–water partition coefficient (Wildman–Crippen LogP) is 3.31. The second kappa shape index (κ2) is 8.35. The lowest BCUT2D eigenvalue weighted by Crippen LogP contribution is -2.37. The standard InChI is InChI=1S/C24H24N2O3/c1-29-21-11-9-17(10-12-21)13-23(27)25-20-14-24(28)26(16-20)15-19-7-4-6-18-5-2-3-8-22(18)19/h2-12,20H,13-16H2,1H3,(H,25,27)/t20-/m1/s1. The van der Waals surface area contributed by atoms with E-state index in [0.717, 1.165) is 22.3 Å². The summed E-state index contributed by atoms with van der Waals surface area (Å²) in [7, 11) is 1.61. The van der Waals surface area contributed by atoms with Crippen LogP contribution in [0.4, 0.5) is 0 Å². The fraction of sp³-hybridized carbons (Fsp3) is 0.250. The summed E-state index contributed by atoms with van der Waals surface area (Å²) in [5.41, 5.74) is 2.04. The van der Waals surface area contributed by atoms with E-state index in [1.807, 2.05) is 47.4 Å². The van der Waals surface area contributed by atoms with Crippen LogP contribution >= 0.6 is 0 Å². The number of carbonyl (C=O) groups is 2. The first-order chi connectivity index (χ1) is 14.1. The minimum atomic E-state index is -0.150. The molecule has 1 aliphatic rings. The number of benzene rings is 3. The lowest BCUT2D eigenvalue weighted by atomic mass is 10.0. The maximum absolute atomic E-state index is 12.5. The van der Waals surface area contributed by atoms with E-state index in [1.54, 1.807) is 7.11 Å². The summed E-state index contributed by atoms with van der Waals surface area (Å²) in [5, 5.41) is 5.34. The Morgan fingerprint density at radius 1 is 1.07 bits per heavy atom.